The van der Waals surface area contributed by atoms with Crippen LogP contribution in [0.2, 0.25) is 0 Å². The summed E-state index contributed by atoms with van der Waals surface area (Å²) in [4.78, 5) is 0. The highest BCUT2D eigenvalue weighted by Gasteiger charge is 1.97. The van der Waals surface area contributed by atoms with Crippen molar-refractivity contribution < 1.29 is 4.74 Å². The molecule has 0 aliphatic carbocycles. The molecule has 78 valence electrons. The Labute approximate surface area is 96.8 Å². The van der Waals surface area contributed by atoms with Crippen molar-refractivity contribution in [3.8, 4) is 5.75 Å². The molecule has 15 heavy (non-hydrogen) atoms. The number of hydrogen-bond acceptors (Lipinski definition) is 2. The molecule has 0 atom stereocenters. The van der Waals surface area contributed by atoms with Gasteiger partial charge in [0.25, 0.3) is 0 Å². The molecule has 0 unspecified atom stereocenters. The lowest BCUT2D eigenvalue weighted by Gasteiger charge is -2.03. The van der Waals surface area contributed by atoms with Gasteiger partial charge in [-0.15, -0.1) is 0 Å². The van der Waals surface area contributed by atoms with Crippen LogP contribution in [0.5, 0.6) is 5.75 Å². The van der Waals surface area contributed by atoms with Crippen molar-refractivity contribution in [2.24, 2.45) is 7.05 Å². The number of hydrogen-bond donors (Lipinski definition) is 0. The third-order valence-electron chi connectivity index (χ3n) is 1.98. The second kappa shape index (κ2) is 4.49. The summed E-state index contributed by atoms with van der Waals surface area (Å²) in [6.45, 7) is 0.551. The standard InChI is InChI=1S/C11H11BrN2O/c1-14-7-9(6-13-14)8-15-11-4-2-10(12)3-5-11/h2-7H,8H2,1H3. The van der Waals surface area contributed by atoms with Gasteiger partial charge >= 0.3 is 0 Å². The van der Waals surface area contributed by atoms with Crippen molar-refractivity contribution in [2.45, 2.75) is 6.61 Å². The third-order valence-corrected chi connectivity index (χ3v) is 2.51. The van der Waals surface area contributed by atoms with Crippen LogP contribution in [0.1, 0.15) is 5.56 Å². The summed E-state index contributed by atoms with van der Waals surface area (Å²) < 4.78 is 8.40. The molecule has 0 radical (unpaired) electrons. The number of aryl methyl sites for hydroxylation is 1. The van der Waals surface area contributed by atoms with Crippen LogP contribution in [0.3, 0.4) is 0 Å². The van der Waals surface area contributed by atoms with Gasteiger partial charge in [0, 0.05) is 23.3 Å². The van der Waals surface area contributed by atoms with Gasteiger partial charge in [-0.1, -0.05) is 15.9 Å². The van der Waals surface area contributed by atoms with Gasteiger partial charge in [-0.3, -0.25) is 4.68 Å². The van der Waals surface area contributed by atoms with Gasteiger partial charge in [-0.25, -0.2) is 0 Å². The van der Waals surface area contributed by atoms with E-state index in [0.29, 0.717) is 6.61 Å². The highest BCUT2D eigenvalue weighted by atomic mass is 79.9. The number of rotatable bonds is 3. The van der Waals surface area contributed by atoms with E-state index in [1.165, 1.54) is 0 Å². The Kier molecular flexibility index (Phi) is 3.06. The first-order valence-corrected chi connectivity index (χ1v) is 5.39. The van der Waals surface area contributed by atoms with Crippen LogP contribution >= 0.6 is 15.9 Å². The molecule has 2 aromatic rings. The molecular formula is C11H11BrN2O. The van der Waals surface area contributed by atoms with E-state index in [-0.39, 0.29) is 0 Å². The summed E-state index contributed by atoms with van der Waals surface area (Å²) in [6, 6.07) is 7.78. The smallest absolute Gasteiger partial charge is 0.119 e. The lowest BCUT2D eigenvalue weighted by atomic mass is 10.3. The highest BCUT2D eigenvalue weighted by Crippen LogP contribution is 2.17. The van der Waals surface area contributed by atoms with E-state index in [4.69, 9.17) is 4.74 Å². The van der Waals surface area contributed by atoms with Crippen LogP contribution in [-0.2, 0) is 13.7 Å². The number of nitrogens with zero attached hydrogens (tertiary/aromatic N) is 2. The Hall–Kier alpha value is -1.29. The molecule has 1 aromatic heterocycles. The molecule has 1 heterocycles. The topological polar surface area (TPSA) is 27.1 Å². The third kappa shape index (κ3) is 2.83. The maximum Gasteiger partial charge on any atom is 0.119 e. The normalized spacial score (nSPS) is 10.3. The zero-order chi connectivity index (χ0) is 10.7. The quantitative estimate of drug-likeness (QED) is 0.855. The van der Waals surface area contributed by atoms with E-state index < -0.39 is 0 Å². The van der Waals surface area contributed by atoms with E-state index in [9.17, 15) is 0 Å². The Morgan fingerprint density at radius 3 is 2.67 bits per heavy atom. The zero-order valence-corrected chi connectivity index (χ0v) is 9.94. The highest BCUT2D eigenvalue weighted by molar-refractivity contribution is 9.10. The van der Waals surface area contributed by atoms with E-state index in [1.54, 1.807) is 10.9 Å². The molecule has 0 bridgehead atoms. The Morgan fingerprint density at radius 1 is 1.33 bits per heavy atom. The summed E-state index contributed by atoms with van der Waals surface area (Å²) in [5.74, 6) is 0.863. The fourth-order valence-electron chi connectivity index (χ4n) is 1.24. The minimum Gasteiger partial charge on any atom is -0.489 e. The predicted molar refractivity (Wildman–Crippen MR) is 61.7 cm³/mol. The molecule has 3 nitrogen and oxygen atoms in total. The maximum absolute atomic E-state index is 5.59. The first-order chi connectivity index (χ1) is 7.24. The monoisotopic (exact) mass is 266 g/mol. The van der Waals surface area contributed by atoms with Crippen molar-refractivity contribution in [3.05, 3.63) is 46.7 Å². The summed E-state index contributed by atoms with van der Waals surface area (Å²) in [7, 11) is 1.89. The van der Waals surface area contributed by atoms with Crippen LogP contribution in [0.15, 0.2) is 41.1 Å². The molecule has 0 saturated carbocycles. The predicted octanol–water partition coefficient (Wildman–Crippen LogP) is 2.76. The lowest BCUT2D eigenvalue weighted by molar-refractivity contribution is 0.306. The van der Waals surface area contributed by atoms with Gasteiger partial charge in [0.05, 0.1) is 6.20 Å². The van der Waals surface area contributed by atoms with E-state index in [1.807, 2.05) is 37.5 Å². The van der Waals surface area contributed by atoms with Crippen molar-refractivity contribution in [3.63, 3.8) is 0 Å². The Morgan fingerprint density at radius 2 is 2.07 bits per heavy atom. The van der Waals surface area contributed by atoms with Gasteiger partial charge in [-0.05, 0) is 24.3 Å². The van der Waals surface area contributed by atoms with Crippen LogP contribution < -0.4 is 4.74 Å². The van der Waals surface area contributed by atoms with Crippen molar-refractivity contribution in [2.75, 3.05) is 0 Å². The second-order valence-corrected chi connectivity index (χ2v) is 4.18. The molecule has 0 saturated heterocycles. The van der Waals surface area contributed by atoms with Crippen LogP contribution in [0.25, 0.3) is 0 Å². The van der Waals surface area contributed by atoms with E-state index >= 15 is 0 Å². The molecular weight excluding hydrogens is 256 g/mol. The molecule has 2 rings (SSSR count). The second-order valence-electron chi connectivity index (χ2n) is 3.26. The molecule has 0 fully saturated rings. The minimum absolute atomic E-state index is 0.551. The summed E-state index contributed by atoms with van der Waals surface area (Å²) >= 11 is 3.38. The van der Waals surface area contributed by atoms with Gasteiger partial charge in [0.1, 0.15) is 12.4 Å². The summed E-state index contributed by atoms with van der Waals surface area (Å²) in [6.07, 6.45) is 3.75. The largest absolute Gasteiger partial charge is 0.489 e. The molecule has 0 aliphatic heterocycles. The van der Waals surface area contributed by atoms with Crippen molar-refractivity contribution >= 4 is 15.9 Å². The number of benzene rings is 1. The minimum atomic E-state index is 0.551. The molecule has 0 spiro atoms. The van der Waals surface area contributed by atoms with Gasteiger partial charge in [0.15, 0.2) is 0 Å². The summed E-state index contributed by atoms with van der Waals surface area (Å²) in [5.41, 5.74) is 1.07. The molecule has 0 N–H and O–H groups in total. The number of aromatic nitrogens is 2. The van der Waals surface area contributed by atoms with E-state index in [2.05, 4.69) is 21.0 Å². The Balaban J connectivity index is 1.96. The van der Waals surface area contributed by atoms with Gasteiger partial charge < -0.3 is 4.74 Å². The first-order valence-electron chi connectivity index (χ1n) is 4.60. The maximum atomic E-state index is 5.59. The molecule has 0 aliphatic rings. The number of ether oxygens (including phenoxy) is 1. The molecule has 1 aromatic carbocycles. The van der Waals surface area contributed by atoms with Crippen LogP contribution in [0.4, 0.5) is 0 Å². The zero-order valence-electron chi connectivity index (χ0n) is 8.35. The van der Waals surface area contributed by atoms with Crippen LogP contribution in [0, 0.1) is 0 Å². The Bertz CT molecular complexity index is 436. The van der Waals surface area contributed by atoms with Gasteiger partial charge in [-0.2, -0.15) is 5.10 Å². The fraction of sp³-hybridized carbons (Fsp3) is 0.182. The van der Waals surface area contributed by atoms with Crippen molar-refractivity contribution in [1.29, 1.82) is 0 Å². The SMILES string of the molecule is Cn1cc(COc2ccc(Br)cc2)cn1. The molecule has 4 heteroatoms. The first kappa shape index (κ1) is 10.2. The number of halogens is 1. The summed E-state index contributed by atoms with van der Waals surface area (Å²) in [5, 5.41) is 4.07. The fourth-order valence-corrected chi connectivity index (χ4v) is 1.51. The van der Waals surface area contributed by atoms with E-state index in [0.717, 1.165) is 15.8 Å². The lowest BCUT2D eigenvalue weighted by Crippen LogP contribution is -1.93. The average molecular weight is 267 g/mol. The van der Waals surface area contributed by atoms with Crippen LogP contribution in [-0.4, -0.2) is 9.78 Å². The molecule has 0 amide bonds. The average Bonchev–Trinajstić information content (AvgIpc) is 2.64. The van der Waals surface area contributed by atoms with Gasteiger partial charge in [0.2, 0.25) is 0 Å². The van der Waals surface area contributed by atoms with Crippen molar-refractivity contribution in [1.82, 2.24) is 9.78 Å².